The molecular weight excluding hydrogens is 148 g/mol. The molecular formula is C10H16N2. The van der Waals surface area contributed by atoms with Crippen molar-refractivity contribution in [2.75, 3.05) is 5.73 Å². The van der Waals surface area contributed by atoms with Crippen LogP contribution < -0.4 is 5.73 Å². The van der Waals surface area contributed by atoms with E-state index in [1.165, 1.54) is 0 Å². The van der Waals surface area contributed by atoms with Crippen molar-refractivity contribution in [3.8, 4) is 0 Å². The van der Waals surface area contributed by atoms with Gasteiger partial charge in [0.25, 0.3) is 0 Å². The monoisotopic (exact) mass is 164 g/mol. The zero-order chi connectivity index (χ0) is 9.40. The van der Waals surface area contributed by atoms with E-state index in [4.69, 9.17) is 5.73 Å². The highest BCUT2D eigenvalue weighted by Gasteiger charge is 1.90. The third-order valence-corrected chi connectivity index (χ3v) is 1.20. The molecule has 0 unspecified atom stereocenters. The van der Waals surface area contributed by atoms with Crippen LogP contribution in [0, 0.1) is 0 Å². The molecule has 0 aliphatic rings. The second kappa shape index (κ2) is 6.40. The fourth-order valence-corrected chi connectivity index (χ4v) is 0.727. The number of pyridine rings is 1. The van der Waals surface area contributed by atoms with Crippen molar-refractivity contribution in [3.63, 3.8) is 0 Å². The van der Waals surface area contributed by atoms with E-state index in [0.29, 0.717) is 0 Å². The van der Waals surface area contributed by atoms with E-state index in [9.17, 15) is 0 Å². The highest BCUT2D eigenvalue weighted by atomic mass is 14.7. The normalized spacial score (nSPS) is 9.25. The van der Waals surface area contributed by atoms with E-state index in [1.54, 1.807) is 6.20 Å². The number of aromatic nitrogens is 1. The average Bonchev–Trinajstić information content (AvgIpc) is 2.13. The summed E-state index contributed by atoms with van der Waals surface area (Å²) < 4.78 is 0. The van der Waals surface area contributed by atoms with Crippen LogP contribution in [0.2, 0.25) is 0 Å². The number of nitrogens with two attached hydrogens (primary N) is 1. The van der Waals surface area contributed by atoms with Crippen LogP contribution in [0.1, 0.15) is 26.5 Å². The largest absolute Gasteiger partial charge is 0.397 e. The summed E-state index contributed by atoms with van der Waals surface area (Å²) in [5.74, 6) is 0. The lowest BCUT2D eigenvalue weighted by molar-refractivity contribution is 1.30. The summed E-state index contributed by atoms with van der Waals surface area (Å²) in [6, 6.07) is 3.66. The van der Waals surface area contributed by atoms with Gasteiger partial charge in [0.05, 0.1) is 11.4 Å². The maximum absolute atomic E-state index is 5.59. The van der Waals surface area contributed by atoms with Crippen molar-refractivity contribution >= 4 is 11.8 Å². The smallest absolute Gasteiger partial charge is 0.0855 e. The van der Waals surface area contributed by atoms with Crippen molar-refractivity contribution in [1.82, 2.24) is 4.98 Å². The Morgan fingerprint density at radius 1 is 1.42 bits per heavy atom. The van der Waals surface area contributed by atoms with Crippen LogP contribution in [-0.2, 0) is 0 Å². The molecule has 0 saturated carbocycles. The summed E-state index contributed by atoms with van der Waals surface area (Å²) in [5.41, 5.74) is 7.15. The maximum atomic E-state index is 5.59. The summed E-state index contributed by atoms with van der Waals surface area (Å²) >= 11 is 0. The summed E-state index contributed by atoms with van der Waals surface area (Å²) in [5, 5.41) is 0. The molecule has 1 aromatic rings. The van der Waals surface area contributed by atoms with Crippen LogP contribution in [0.15, 0.2) is 24.4 Å². The Morgan fingerprint density at radius 2 is 2.08 bits per heavy atom. The third-order valence-electron chi connectivity index (χ3n) is 1.20. The molecule has 0 spiro atoms. The van der Waals surface area contributed by atoms with E-state index in [2.05, 4.69) is 4.98 Å². The Morgan fingerprint density at radius 3 is 2.58 bits per heavy atom. The fraction of sp³-hybridized carbons (Fsp3) is 0.300. The van der Waals surface area contributed by atoms with E-state index in [0.717, 1.165) is 11.4 Å². The summed E-state index contributed by atoms with van der Waals surface area (Å²) in [6.07, 6.45) is 5.53. The molecule has 0 aromatic carbocycles. The van der Waals surface area contributed by atoms with Crippen LogP contribution >= 0.6 is 0 Å². The highest BCUT2D eigenvalue weighted by molar-refractivity contribution is 5.59. The molecule has 66 valence electrons. The first-order chi connectivity index (χ1) is 5.84. The number of hydrogen-bond acceptors (Lipinski definition) is 2. The van der Waals surface area contributed by atoms with Crippen LogP contribution in [0.4, 0.5) is 5.69 Å². The van der Waals surface area contributed by atoms with Gasteiger partial charge in [-0.3, -0.25) is 4.98 Å². The predicted molar refractivity (Wildman–Crippen MR) is 54.7 cm³/mol. The highest BCUT2D eigenvalue weighted by Crippen LogP contribution is 2.07. The first-order valence-electron chi connectivity index (χ1n) is 4.18. The quantitative estimate of drug-likeness (QED) is 0.693. The van der Waals surface area contributed by atoms with Gasteiger partial charge in [0, 0.05) is 6.20 Å². The minimum absolute atomic E-state index is 0.723. The van der Waals surface area contributed by atoms with Gasteiger partial charge in [0.2, 0.25) is 0 Å². The SMILES string of the molecule is C/C=C\c1ncccc1N.CC. The van der Waals surface area contributed by atoms with Gasteiger partial charge in [0.1, 0.15) is 0 Å². The lowest BCUT2D eigenvalue weighted by Gasteiger charge is -1.95. The molecule has 2 heteroatoms. The van der Waals surface area contributed by atoms with Crippen LogP contribution in [0.5, 0.6) is 0 Å². The molecule has 0 aliphatic heterocycles. The fourth-order valence-electron chi connectivity index (χ4n) is 0.727. The third kappa shape index (κ3) is 3.19. The minimum atomic E-state index is 0.723. The summed E-state index contributed by atoms with van der Waals surface area (Å²) in [7, 11) is 0. The number of hydrogen-bond donors (Lipinski definition) is 1. The second-order valence-corrected chi connectivity index (χ2v) is 1.98. The van der Waals surface area contributed by atoms with E-state index < -0.39 is 0 Å². The van der Waals surface area contributed by atoms with Crippen LogP contribution in [0.3, 0.4) is 0 Å². The van der Waals surface area contributed by atoms with Crippen molar-refractivity contribution in [2.45, 2.75) is 20.8 Å². The molecule has 12 heavy (non-hydrogen) atoms. The van der Waals surface area contributed by atoms with Gasteiger partial charge < -0.3 is 5.73 Å². The molecule has 2 nitrogen and oxygen atoms in total. The Bertz CT molecular complexity index is 241. The molecule has 1 rings (SSSR count). The first-order valence-corrected chi connectivity index (χ1v) is 4.18. The minimum Gasteiger partial charge on any atom is -0.397 e. The summed E-state index contributed by atoms with van der Waals surface area (Å²) in [4.78, 5) is 4.06. The zero-order valence-corrected chi connectivity index (χ0v) is 7.91. The standard InChI is InChI=1S/C8H10N2.C2H6/c1-2-4-8-7(9)5-3-6-10-8;1-2/h2-6H,9H2,1H3;1-2H3/b4-2-;. The molecule has 0 aliphatic carbocycles. The predicted octanol–water partition coefficient (Wildman–Crippen LogP) is 2.72. The van der Waals surface area contributed by atoms with Gasteiger partial charge in [-0.05, 0) is 25.1 Å². The Hall–Kier alpha value is -1.31. The number of nitrogen functional groups attached to an aromatic ring is 1. The second-order valence-electron chi connectivity index (χ2n) is 1.98. The molecule has 0 amide bonds. The Labute approximate surface area is 74.1 Å². The van der Waals surface area contributed by atoms with Gasteiger partial charge in [-0.25, -0.2) is 0 Å². The van der Waals surface area contributed by atoms with E-state index in [1.807, 2.05) is 45.1 Å². The van der Waals surface area contributed by atoms with Gasteiger partial charge in [-0.1, -0.05) is 19.9 Å². The number of nitrogens with zero attached hydrogens (tertiary/aromatic N) is 1. The van der Waals surface area contributed by atoms with Gasteiger partial charge in [-0.15, -0.1) is 0 Å². The zero-order valence-electron chi connectivity index (χ0n) is 7.91. The van der Waals surface area contributed by atoms with Crippen molar-refractivity contribution in [1.29, 1.82) is 0 Å². The molecule has 1 aromatic heterocycles. The maximum Gasteiger partial charge on any atom is 0.0855 e. The Kier molecular flexibility index (Phi) is 5.70. The van der Waals surface area contributed by atoms with Gasteiger partial charge >= 0.3 is 0 Å². The van der Waals surface area contributed by atoms with E-state index in [-0.39, 0.29) is 0 Å². The van der Waals surface area contributed by atoms with Crippen molar-refractivity contribution in [3.05, 3.63) is 30.1 Å². The molecule has 2 N–H and O–H groups in total. The topological polar surface area (TPSA) is 38.9 Å². The lowest BCUT2D eigenvalue weighted by atomic mass is 10.3. The van der Waals surface area contributed by atoms with Crippen LogP contribution in [-0.4, -0.2) is 4.98 Å². The van der Waals surface area contributed by atoms with Crippen molar-refractivity contribution < 1.29 is 0 Å². The summed E-state index contributed by atoms with van der Waals surface area (Å²) in [6.45, 7) is 5.94. The van der Waals surface area contributed by atoms with Gasteiger partial charge in [0.15, 0.2) is 0 Å². The number of rotatable bonds is 1. The number of anilines is 1. The molecule has 0 fully saturated rings. The van der Waals surface area contributed by atoms with Gasteiger partial charge in [-0.2, -0.15) is 0 Å². The molecule has 0 radical (unpaired) electrons. The Balaban J connectivity index is 0.000000561. The number of allylic oxidation sites excluding steroid dienone is 1. The molecule has 1 heterocycles. The first kappa shape index (κ1) is 10.7. The lowest BCUT2D eigenvalue weighted by Crippen LogP contribution is -1.90. The molecule has 0 saturated heterocycles. The van der Waals surface area contributed by atoms with E-state index >= 15 is 0 Å². The van der Waals surface area contributed by atoms with Crippen molar-refractivity contribution in [2.24, 2.45) is 0 Å². The van der Waals surface area contributed by atoms with Crippen LogP contribution in [0.25, 0.3) is 6.08 Å². The molecule has 0 atom stereocenters. The average molecular weight is 164 g/mol. The molecule has 0 bridgehead atoms.